The van der Waals surface area contributed by atoms with Gasteiger partial charge in [0.05, 0.1) is 0 Å². The van der Waals surface area contributed by atoms with Gasteiger partial charge >= 0.3 is 0 Å². The van der Waals surface area contributed by atoms with Crippen LogP contribution in [0.2, 0.25) is 0 Å². The Morgan fingerprint density at radius 3 is 1.00 bits per heavy atom. The van der Waals surface area contributed by atoms with E-state index in [4.69, 9.17) is 0 Å². The molecule has 0 amide bonds. The lowest BCUT2D eigenvalue weighted by atomic mass is 9.84. The van der Waals surface area contributed by atoms with Gasteiger partial charge in [-0.2, -0.15) is 0 Å². The molecule has 1 aliphatic carbocycles. The minimum atomic E-state index is -0.0641. The van der Waals surface area contributed by atoms with E-state index >= 15 is 0 Å². The number of hydrogen-bond acceptors (Lipinski definition) is 2. The first-order valence-corrected chi connectivity index (χ1v) is 5.06. The van der Waals surface area contributed by atoms with Crippen LogP contribution in [-0.2, 0) is 0 Å². The molecule has 0 aromatic heterocycles. The number of hydrogen-bond donors (Lipinski definition) is 0. The Kier molecular flexibility index (Phi) is 2.98. The van der Waals surface area contributed by atoms with Crippen LogP contribution in [0, 0.1) is 0 Å². The molecule has 0 saturated carbocycles. The molecular weight excluding hydrogens is 227 g/mol. The molecule has 0 spiro atoms. The Bertz CT molecular complexity index is 512. The minimum absolute atomic E-state index is 0. The third-order valence-corrected chi connectivity index (χ3v) is 2.83. The average Bonchev–Trinajstić information content (AvgIpc) is 2.36. The predicted octanol–water partition coefficient (Wildman–Crippen LogP) is 1.28. The summed E-state index contributed by atoms with van der Waals surface area (Å²) in [6.07, 6.45) is 0. The Hall–Kier alpha value is -1.69. The molecular formula is C14H11AlO2. The lowest BCUT2D eigenvalue weighted by Gasteiger charge is -2.16. The van der Waals surface area contributed by atoms with Crippen LogP contribution in [0.25, 0.3) is 0 Å². The van der Waals surface area contributed by atoms with E-state index in [1.807, 2.05) is 0 Å². The third kappa shape index (κ3) is 1.65. The Labute approximate surface area is 109 Å². The second-order valence-corrected chi connectivity index (χ2v) is 3.75. The molecule has 0 bridgehead atoms. The molecule has 0 aliphatic heterocycles. The lowest BCUT2D eigenvalue weighted by molar-refractivity contribution is 0.0979. The van der Waals surface area contributed by atoms with Crippen LogP contribution in [0.3, 0.4) is 0 Å². The van der Waals surface area contributed by atoms with Crippen molar-refractivity contribution < 1.29 is 9.59 Å². The number of benzene rings is 2. The van der Waals surface area contributed by atoms with Crippen molar-refractivity contribution in [1.29, 1.82) is 0 Å². The van der Waals surface area contributed by atoms with Gasteiger partial charge < -0.3 is 0 Å². The largest absolute Gasteiger partial charge is 0.289 e. The summed E-state index contributed by atoms with van der Waals surface area (Å²) in [6.45, 7) is 0. The number of carbonyl (C=O) groups is 2. The summed E-state index contributed by atoms with van der Waals surface area (Å²) >= 11 is 0. The maximum absolute atomic E-state index is 12.1. The van der Waals surface area contributed by atoms with Crippen molar-refractivity contribution in [2.75, 3.05) is 0 Å². The van der Waals surface area contributed by atoms with Crippen molar-refractivity contribution >= 4 is 28.9 Å². The van der Waals surface area contributed by atoms with E-state index in [9.17, 15) is 9.59 Å². The zero-order valence-corrected chi connectivity index (χ0v) is 8.44. The Morgan fingerprint density at radius 1 is 0.529 bits per heavy atom. The third-order valence-electron chi connectivity index (χ3n) is 2.83. The zero-order valence-electron chi connectivity index (χ0n) is 8.44. The summed E-state index contributed by atoms with van der Waals surface area (Å²) < 4.78 is 0. The van der Waals surface area contributed by atoms with Crippen LogP contribution in [0.1, 0.15) is 31.8 Å². The smallest absolute Gasteiger partial charge is 0.194 e. The highest BCUT2D eigenvalue weighted by atomic mass is 27.0. The van der Waals surface area contributed by atoms with Crippen LogP contribution in [0.5, 0.6) is 0 Å². The summed E-state index contributed by atoms with van der Waals surface area (Å²) in [7, 11) is 0. The Morgan fingerprint density at radius 2 is 0.765 bits per heavy atom. The van der Waals surface area contributed by atoms with E-state index in [-0.39, 0.29) is 28.9 Å². The molecule has 82 valence electrons. The quantitative estimate of drug-likeness (QED) is 0.553. The van der Waals surface area contributed by atoms with Crippen LogP contribution in [0.15, 0.2) is 48.5 Å². The van der Waals surface area contributed by atoms with Crippen molar-refractivity contribution in [3.8, 4) is 0 Å². The highest BCUT2D eigenvalue weighted by Crippen LogP contribution is 2.26. The van der Waals surface area contributed by atoms with Crippen molar-refractivity contribution in [2.24, 2.45) is 0 Å². The summed E-state index contributed by atoms with van der Waals surface area (Å²) in [6, 6.07) is 13.9. The summed E-state index contributed by atoms with van der Waals surface area (Å²) in [4.78, 5) is 24.2. The standard InChI is InChI=1S/C14H8O2.Al.3H/c15-13-9-5-1-2-6-10(9)14(16)12-8-4-3-7-11(12)13;;;;/h1-8H;;;;. The molecule has 2 nitrogen and oxygen atoms in total. The molecule has 3 heteroatoms. The van der Waals surface area contributed by atoms with Crippen molar-refractivity contribution in [1.82, 2.24) is 0 Å². The molecule has 0 unspecified atom stereocenters. The SMILES string of the molecule is O=C1c2ccccc2C(=O)c2ccccc21.[AlH3]. The molecule has 0 saturated heterocycles. The lowest BCUT2D eigenvalue weighted by Crippen LogP contribution is -2.20. The first-order chi connectivity index (χ1) is 7.79. The first kappa shape index (κ1) is 11.8. The summed E-state index contributed by atoms with van der Waals surface area (Å²) in [5.41, 5.74) is 2.02. The molecule has 17 heavy (non-hydrogen) atoms. The fourth-order valence-electron chi connectivity index (χ4n) is 2.05. The van der Waals surface area contributed by atoms with E-state index in [2.05, 4.69) is 0 Å². The van der Waals surface area contributed by atoms with Crippen LogP contribution < -0.4 is 0 Å². The van der Waals surface area contributed by atoms with E-state index in [0.29, 0.717) is 22.3 Å². The van der Waals surface area contributed by atoms with Gasteiger partial charge in [0.25, 0.3) is 0 Å². The van der Waals surface area contributed by atoms with Crippen molar-refractivity contribution in [3.63, 3.8) is 0 Å². The zero-order chi connectivity index (χ0) is 11.1. The molecule has 2 aromatic rings. The molecule has 3 rings (SSSR count). The predicted molar refractivity (Wildman–Crippen MR) is 69.7 cm³/mol. The molecule has 1 aliphatic rings. The van der Waals surface area contributed by atoms with Gasteiger partial charge in [0.1, 0.15) is 0 Å². The van der Waals surface area contributed by atoms with E-state index in [0.717, 1.165) is 0 Å². The normalized spacial score (nSPS) is 12.5. The summed E-state index contributed by atoms with van der Waals surface area (Å²) in [5.74, 6) is -0.128. The molecule has 0 N–H and O–H groups in total. The maximum atomic E-state index is 12.1. The second kappa shape index (κ2) is 4.29. The highest BCUT2D eigenvalue weighted by molar-refractivity contribution is 6.28. The van der Waals surface area contributed by atoms with Gasteiger partial charge in [-0.1, -0.05) is 48.5 Å². The van der Waals surface area contributed by atoms with Gasteiger partial charge in [-0.15, -0.1) is 0 Å². The fraction of sp³-hybridized carbons (Fsp3) is 0. The Balaban J connectivity index is 0.00000108. The van der Waals surface area contributed by atoms with Crippen LogP contribution >= 0.6 is 0 Å². The monoisotopic (exact) mass is 238 g/mol. The van der Waals surface area contributed by atoms with Crippen LogP contribution in [0.4, 0.5) is 0 Å². The van der Waals surface area contributed by atoms with Gasteiger partial charge in [-0.25, -0.2) is 0 Å². The second-order valence-electron chi connectivity index (χ2n) is 3.75. The van der Waals surface area contributed by atoms with Crippen molar-refractivity contribution in [2.45, 2.75) is 0 Å². The van der Waals surface area contributed by atoms with Gasteiger partial charge in [0, 0.05) is 22.3 Å². The fourth-order valence-corrected chi connectivity index (χ4v) is 2.05. The molecule has 0 radical (unpaired) electrons. The maximum Gasteiger partial charge on any atom is 0.194 e. The van der Waals surface area contributed by atoms with Gasteiger partial charge in [0.2, 0.25) is 0 Å². The number of rotatable bonds is 0. The van der Waals surface area contributed by atoms with Gasteiger partial charge in [-0.3, -0.25) is 9.59 Å². The van der Waals surface area contributed by atoms with E-state index in [1.165, 1.54) is 0 Å². The van der Waals surface area contributed by atoms with Crippen LogP contribution in [-0.4, -0.2) is 28.9 Å². The molecule has 0 fully saturated rings. The molecule has 0 heterocycles. The van der Waals surface area contributed by atoms with Gasteiger partial charge in [0.15, 0.2) is 28.9 Å². The van der Waals surface area contributed by atoms with E-state index in [1.54, 1.807) is 48.5 Å². The van der Waals surface area contributed by atoms with E-state index < -0.39 is 0 Å². The number of ketones is 2. The first-order valence-electron chi connectivity index (χ1n) is 5.06. The topological polar surface area (TPSA) is 34.1 Å². The number of fused-ring (bicyclic) bond motifs is 2. The van der Waals surface area contributed by atoms with Gasteiger partial charge in [-0.05, 0) is 0 Å². The minimum Gasteiger partial charge on any atom is -0.289 e. The van der Waals surface area contributed by atoms with Crippen molar-refractivity contribution in [3.05, 3.63) is 70.8 Å². The average molecular weight is 238 g/mol. The summed E-state index contributed by atoms with van der Waals surface area (Å²) in [5, 5.41) is 0. The molecule has 0 atom stereocenters. The number of carbonyl (C=O) groups excluding carboxylic acids is 2. The molecule has 2 aromatic carbocycles. The highest BCUT2D eigenvalue weighted by Gasteiger charge is 2.28.